The molecule has 0 aromatic rings. The fourth-order valence-electron chi connectivity index (χ4n) is 4.45. The van der Waals surface area contributed by atoms with Crippen molar-refractivity contribution in [2.45, 2.75) is 58.0 Å². The maximum Gasteiger partial charge on any atom is 0.223 e. The highest BCUT2D eigenvalue weighted by atomic mass is 16.2. The molecule has 2 unspecified atom stereocenters. The van der Waals surface area contributed by atoms with Crippen molar-refractivity contribution in [2.24, 2.45) is 17.8 Å². The molecule has 2 heterocycles. The van der Waals surface area contributed by atoms with E-state index >= 15 is 0 Å². The molecule has 5 atom stereocenters. The second-order valence-corrected chi connectivity index (χ2v) is 6.74. The Hall–Kier alpha value is -0.570. The van der Waals surface area contributed by atoms with Crippen molar-refractivity contribution in [3.05, 3.63) is 0 Å². The van der Waals surface area contributed by atoms with Crippen LogP contribution in [0.3, 0.4) is 0 Å². The van der Waals surface area contributed by atoms with Crippen molar-refractivity contribution in [1.29, 1.82) is 0 Å². The molecule has 3 aliphatic rings. The number of nitrogens with zero attached hydrogens (tertiary/aromatic N) is 1. The van der Waals surface area contributed by atoms with E-state index in [1.807, 2.05) is 0 Å². The molecule has 0 aromatic carbocycles. The van der Waals surface area contributed by atoms with Crippen molar-refractivity contribution in [3.63, 3.8) is 0 Å². The third-order valence-electron chi connectivity index (χ3n) is 5.54. The van der Waals surface area contributed by atoms with Crippen LogP contribution >= 0.6 is 0 Å². The van der Waals surface area contributed by atoms with Gasteiger partial charge in [0.15, 0.2) is 0 Å². The van der Waals surface area contributed by atoms with Gasteiger partial charge >= 0.3 is 0 Å². The SMILES string of the molecule is CC1CCCC1CC(=O)N1[C@@H](C)C[C@@H]2CNC[C@@H]21. The highest BCUT2D eigenvalue weighted by Crippen LogP contribution is 2.37. The minimum Gasteiger partial charge on any atom is -0.335 e. The summed E-state index contributed by atoms with van der Waals surface area (Å²) in [6.45, 7) is 6.67. The summed E-state index contributed by atoms with van der Waals surface area (Å²) in [7, 11) is 0. The largest absolute Gasteiger partial charge is 0.335 e. The molecule has 0 bridgehead atoms. The fourth-order valence-corrected chi connectivity index (χ4v) is 4.45. The Morgan fingerprint density at radius 1 is 1.28 bits per heavy atom. The second kappa shape index (κ2) is 4.84. The van der Waals surface area contributed by atoms with Gasteiger partial charge in [-0.15, -0.1) is 0 Å². The quantitative estimate of drug-likeness (QED) is 0.813. The Balaban J connectivity index is 1.64. The third-order valence-corrected chi connectivity index (χ3v) is 5.54. The first kappa shape index (κ1) is 12.5. The molecule has 2 aliphatic heterocycles. The molecule has 102 valence electrons. The Morgan fingerprint density at radius 2 is 2.11 bits per heavy atom. The smallest absolute Gasteiger partial charge is 0.223 e. The average molecular weight is 250 g/mol. The standard InChI is InChI=1S/C15H26N2O/c1-10-4-3-5-12(10)7-15(18)17-11(2)6-13-8-16-9-14(13)17/h10-14,16H,3-9H2,1-2H3/t10?,11-,12?,13+,14-/m0/s1. The predicted molar refractivity (Wildman–Crippen MR) is 72.2 cm³/mol. The molecule has 1 N–H and O–H groups in total. The van der Waals surface area contributed by atoms with Crippen molar-refractivity contribution < 1.29 is 4.79 Å². The van der Waals surface area contributed by atoms with Gasteiger partial charge in [-0.25, -0.2) is 0 Å². The second-order valence-electron chi connectivity index (χ2n) is 6.74. The predicted octanol–water partition coefficient (Wildman–Crippen LogP) is 2.02. The van der Waals surface area contributed by atoms with Crippen LogP contribution in [0.4, 0.5) is 0 Å². The topological polar surface area (TPSA) is 32.3 Å². The number of likely N-dealkylation sites (tertiary alicyclic amines) is 1. The van der Waals surface area contributed by atoms with Crippen LogP contribution < -0.4 is 5.32 Å². The lowest BCUT2D eigenvalue weighted by molar-refractivity contribution is -0.135. The number of carbonyl (C=O) groups is 1. The maximum atomic E-state index is 12.6. The zero-order valence-corrected chi connectivity index (χ0v) is 11.7. The van der Waals surface area contributed by atoms with Crippen LogP contribution in [-0.2, 0) is 4.79 Å². The molecule has 0 aromatic heterocycles. The lowest BCUT2D eigenvalue weighted by Gasteiger charge is -2.29. The Labute approximate surface area is 110 Å². The van der Waals surface area contributed by atoms with E-state index in [1.54, 1.807) is 0 Å². The molecule has 2 saturated heterocycles. The molecule has 3 rings (SSSR count). The van der Waals surface area contributed by atoms with Crippen LogP contribution in [-0.4, -0.2) is 36.0 Å². The van der Waals surface area contributed by atoms with Crippen LogP contribution in [0, 0.1) is 17.8 Å². The molecule has 1 saturated carbocycles. The molecule has 3 heteroatoms. The van der Waals surface area contributed by atoms with Gasteiger partial charge in [0.05, 0.1) is 0 Å². The van der Waals surface area contributed by atoms with Gasteiger partial charge in [-0.2, -0.15) is 0 Å². The van der Waals surface area contributed by atoms with Crippen molar-refractivity contribution in [2.75, 3.05) is 13.1 Å². The first-order chi connectivity index (χ1) is 8.66. The van der Waals surface area contributed by atoms with Crippen LogP contribution in [0.15, 0.2) is 0 Å². The molecular weight excluding hydrogens is 224 g/mol. The third kappa shape index (κ3) is 2.07. The lowest BCUT2D eigenvalue weighted by atomic mass is 9.94. The number of carbonyl (C=O) groups excluding carboxylic acids is 1. The number of fused-ring (bicyclic) bond motifs is 1. The summed E-state index contributed by atoms with van der Waals surface area (Å²) in [6.07, 6.45) is 5.91. The molecule has 1 aliphatic carbocycles. The first-order valence-electron chi connectivity index (χ1n) is 7.68. The summed E-state index contributed by atoms with van der Waals surface area (Å²) < 4.78 is 0. The molecule has 3 nitrogen and oxygen atoms in total. The van der Waals surface area contributed by atoms with Gasteiger partial charge in [-0.05, 0) is 37.5 Å². The fraction of sp³-hybridized carbons (Fsp3) is 0.933. The summed E-state index contributed by atoms with van der Waals surface area (Å²) in [5, 5.41) is 3.44. The maximum absolute atomic E-state index is 12.6. The number of rotatable bonds is 2. The first-order valence-corrected chi connectivity index (χ1v) is 7.68. The Bertz CT molecular complexity index is 330. The van der Waals surface area contributed by atoms with Crippen LogP contribution in [0.2, 0.25) is 0 Å². The van der Waals surface area contributed by atoms with E-state index < -0.39 is 0 Å². The summed E-state index contributed by atoms with van der Waals surface area (Å²) in [5.74, 6) is 2.55. The molecule has 1 amide bonds. The van der Waals surface area contributed by atoms with Crippen LogP contribution in [0.25, 0.3) is 0 Å². The number of hydrogen-bond acceptors (Lipinski definition) is 2. The van der Waals surface area contributed by atoms with E-state index in [0.29, 0.717) is 29.8 Å². The summed E-state index contributed by atoms with van der Waals surface area (Å²) in [5.41, 5.74) is 0. The van der Waals surface area contributed by atoms with Crippen LogP contribution in [0.1, 0.15) is 46.0 Å². The molecular formula is C15H26N2O. The van der Waals surface area contributed by atoms with E-state index in [9.17, 15) is 4.79 Å². The zero-order valence-electron chi connectivity index (χ0n) is 11.7. The van der Waals surface area contributed by atoms with Gasteiger partial charge in [0.1, 0.15) is 0 Å². The summed E-state index contributed by atoms with van der Waals surface area (Å²) >= 11 is 0. The number of hydrogen-bond donors (Lipinski definition) is 1. The zero-order chi connectivity index (χ0) is 12.7. The van der Waals surface area contributed by atoms with Crippen molar-refractivity contribution in [3.8, 4) is 0 Å². The molecule has 3 fully saturated rings. The average Bonchev–Trinajstić information content (AvgIpc) is 2.95. The van der Waals surface area contributed by atoms with E-state index in [-0.39, 0.29) is 0 Å². The van der Waals surface area contributed by atoms with E-state index in [2.05, 4.69) is 24.1 Å². The Kier molecular flexibility index (Phi) is 3.35. The minimum absolute atomic E-state index is 0.428. The molecule has 18 heavy (non-hydrogen) atoms. The van der Waals surface area contributed by atoms with Gasteiger partial charge in [0.25, 0.3) is 0 Å². The van der Waals surface area contributed by atoms with Gasteiger partial charge in [0.2, 0.25) is 5.91 Å². The number of amides is 1. The molecule has 0 spiro atoms. The minimum atomic E-state index is 0.428. The van der Waals surface area contributed by atoms with E-state index in [1.165, 1.54) is 25.7 Å². The van der Waals surface area contributed by atoms with Gasteiger partial charge in [-0.3, -0.25) is 4.79 Å². The highest BCUT2D eigenvalue weighted by Gasteiger charge is 2.44. The van der Waals surface area contributed by atoms with Crippen LogP contribution in [0.5, 0.6) is 0 Å². The summed E-state index contributed by atoms with van der Waals surface area (Å²) in [4.78, 5) is 14.8. The normalized spacial score (nSPS) is 43.4. The van der Waals surface area contributed by atoms with E-state index in [4.69, 9.17) is 0 Å². The van der Waals surface area contributed by atoms with Gasteiger partial charge in [-0.1, -0.05) is 19.8 Å². The van der Waals surface area contributed by atoms with Crippen molar-refractivity contribution in [1.82, 2.24) is 10.2 Å². The van der Waals surface area contributed by atoms with E-state index in [0.717, 1.165) is 25.4 Å². The highest BCUT2D eigenvalue weighted by molar-refractivity contribution is 5.77. The van der Waals surface area contributed by atoms with Crippen molar-refractivity contribution >= 4 is 5.91 Å². The van der Waals surface area contributed by atoms with Gasteiger partial charge < -0.3 is 10.2 Å². The lowest BCUT2D eigenvalue weighted by Crippen LogP contribution is -2.43. The monoisotopic (exact) mass is 250 g/mol. The van der Waals surface area contributed by atoms with Gasteiger partial charge in [0, 0.05) is 31.6 Å². The Morgan fingerprint density at radius 3 is 2.83 bits per heavy atom. The summed E-state index contributed by atoms with van der Waals surface area (Å²) in [6, 6.07) is 0.954. The molecule has 0 radical (unpaired) electrons. The number of nitrogens with one attached hydrogen (secondary N) is 1.